The van der Waals surface area contributed by atoms with E-state index < -0.39 is 0 Å². The number of benzene rings is 1. The summed E-state index contributed by atoms with van der Waals surface area (Å²) in [5.41, 5.74) is 8.78. The van der Waals surface area contributed by atoms with Gasteiger partial charge in [0.25, 0.3) is 0 Å². The van der Waals surface area contributed by atoms with Crippen LogP contribution in [-0.2, 0) is 11.2 Å². The molecule has 0 heterocycles. The van der Waals surface area contributed by atoms with Crippen molar-refractivity contribution in [2.45, 2.75) is 38.3 Å². The van der Waals surface area contributed by atoms with Crippen molar-refractivity contribution in [1.82, 2.24) is 0 Å². The van der Waals surface area contributed by atoms with Gasteiger partial charge in [-0.05, 0) is 42.5 Å². The van der Waals surface area contributed by atoms with Crippen LogP contribution in [0.25, 0.3) is 0 Å². The minimum Gasteiger partial charge on any atom is -0.497 e. The van der Waals surface area contributed by atoms with Crippen LogP contribution in [-0.4, -0.2) is 19.8 Å². The first-order chi connectivity index (χ1) is 8.26. The van der Waals surface area contributed by atoms with Crippen LogP contribution in [0.4, 0.5) is 0 Å². The molecule has 1 aliphatic carbocycles. The van der Waals surface area contributed by atoms with E-state index in [4.69, 9.17) is 15.2 Å². The summed E-state index contributed by atoms with van der Waals surface area (Å²) in [4.78, 5) is 0. The van der Waals surface area contributed by atoms with E-state index in [2.05, 4.69) is 13.0 Å². The molecule has 1 aromatic carbocycles. The van der Waals surface area contributed by atoms with Crippen LogP contribution in [0, 0.1) is 0 Å². The van der Waals surface area contributed by atoms with Gasteiger partial charge in [-0.15, -0.1) is 0 Å². The molecule has 3 nitrogen and oxygen atoms in total. The van der Waals surface area contributed by atoms with Gasteiger partial charge in [0.2, 0.25) is 0 Å². The van der Waals surface area contributed by atoms with E-state index in [0.29, 0.717) is 0 Å². The SMILES string of the molecule is CCCOC1CCc2ccc(OC)cc2C1N. The molecular weight excluding hydrogens is 214 g/mol. The number of methoxy groups -OCH3 is 1. The van der Waals surface area contributed by atoms with Crippen LogP contribution in [0.5, 0.6) is 5.75 Å². The molecule has 2 atom stereocenters. The Balaban J connectivity index is 2.18. The summed E-state index contributed by atoms with van der Waals surface area (Å²) < 4.78 is 11.1. The lowest BCUT2D eigenvalue weighted by Crippen LogP contribution is -2.34. The number of fused-ring (bicyclic) bond motifs is 1. The maximum absolute atomic E-state index is 6.27. The van der Waals surface area contributed by atoms with Gasteiger partial charge >= 0.3 is 0 Å². The van der Waals surface area contributed by atoms with Gasteiger partial charge in [0.15, 0.2) is 0 Å². The lowest BCUT2D eigenvalue weighted by molar-refractivity contribution is 0.0255. The highest BCUT2D eigenvalue weighted by Gasteiger charge is 2.27. The Kier molecular flexibility index (Phi) is 4.02. The monoisotopic (exact) mass is 235 g/mol. The molecule has 1 aliphatic rings. The van der Waals surface area contributed by atoms with E-state index in [1.54, 1.807) is 7.11 Å². The Morgan fingerprint density at radius 1 is 1.41 bits per heavy atom. The maximum Gasteiger partial charge on any atom is 0.119 e. The summed E-state index contributed by atoms with van der Waals surface area (Å²) in [5, 5.41) is 0. The molecule has 2 rings (SSSR count). The van der Waals surface area contributed by atoms with Crippen molar-refractivity contribution in [1.29, 1.82) is 0 Å². The van der Waals surface area contributed by atoms with Crippen molar-refractivity contribution in [2.75, 3.05) is 13.7 Å². The number of rotatable bonds is 4. The van der Waals surface area contributed by atoms with Crippen LogP contribution < -0.4 is 10.5 Å². The molecule has 17 heavy (non-hydrogen) atoms. The van der Waals surface area contributed by atoms with Crippen molar-refractivity contribution < 1.29 is 9.47 Å². The second-order valence-corrected chi connectivity index (χ2v) is 4.54. The zero-order chi connectivity index (χ0) is 12.3. The van der Waals surface area contributed by atoms with E-state index in [1.165, 1.54) is 11.1 Å². The quantitative estimate of drug-likeness (QED) is 0.871. The fraction of sp³-hybridized carbons (Fsp3) is 0.571. The average molecular weight is 235 g/mol. The Morgan fingerprint density at radius 2 is 2.24 bits per heavy atom. The molecule has 2 unspecified atom stereocenters. The van der Waals surface area contributed by atoms with Gasteiger partial charge < -0.3 is 15.2 Å². The molecule has 0 saturated heterocycles. The van der Waals surface area contributed by atoms with Crippen LogP contribution in [0.1, 0.15) is 36.9 Å². The summed E-state index contributed by atoms with van der Waals surface area (Å²) in [6, 6.07) is 6.13. The number of nitrogens with two attached hydrogens (primary N) is 1. The summed E-state index contributed by atoms with van der Waals surface area (Å²) >= 11 is 0. The highest BCUT2D eigenvalue weighted by molar-refractivity contribution is 5.39. The van der Waals surface area contributed by atoms with E-state index >= 15 is 0 Å². The van der Waals surface area contributed by atoms with Crippen molar-refractivity contribution in [3.8, 4) is 5.75 Å². The number of hydrogen-bond acceptors (Lipinski definition) is 3. The fourth-order valence-corrected chi connectivity index (χ4v) is 2.37. The number of aryl methyl sites for hydroxylation is 1. The van der Waals surface area contributed by atoms with Gasteiger partial charge in [0.1, 0.15) is 5.75 Å². The Morgan fingerprint density at radius 3 is 2.94 bits per heavy atom. The molecule has 3 heteroatoms. The molecule has 0 saturated carbocycles. The van der Waals surface area contributed by atoms with E-state index in [-0.39, 0.29) is 12.1 Å². The van der Waals surface area contributed by atoms with E-state index in [0.717, 1.165) is 31.6 Å². The van der Waals surface area contributed by atoms with Gasteiger partial charge in [-0.1, -0.05) is 13.0 Å². The van der Waals surface area contributed by atoms with Gasteiger partial charge in [-0.3, -0.25) is 0 Å². The molecule has 0 fully saturated rings. The lowest BCUT2D eigenvalue weighted by Gasteiger charge is -2.31. The Bertz CT molecular complexity index is 378. The van der Waals surface area contributed by atoms with Crippen molar-refractivity contribution in [3.05, 3.63) is 29.3 Å². The molecule has 1 aromatic rings. The molecule has 2 N–H and O–H groups in total. The summed E-state index contributed by atoms with van der Waals surface area (Å²) in [6.07, 6.45) is 3.24. The molecule has 0 bridgehead atoms. The predicted octanol–water partition coefficient (Wildman–Crippen LogP) is 2.44. The molecule has 0 radical (unpaired) electrons. The third kappa shape index (κ3) is 2.61. The predicted molar refractivity (Wildman–Crippen MR) is 68.3 cm³/mol. The Hall–Kier alpha value is -1.06. The molecule has 0 amide bonds. The van der Waals surface area contributed by atoms with Crippen LogP contribution in [0.2, 0.25) is 0 Å². The van der Waals surface area contributed by atoms with Crippen LogP contribution in [0.3, 0.4) is 0 Å². The molecule has 0 aliphatic heterocycles. The van der Waals surface area contributed by atoms with E-state index in [9.17, 15) is 0 Å². The fourth-order valence-electron chi connectivity index (χ4n) is 2.37. The molecule has 94 valence electrons. The lowest BCUT2D eigenvalue weighted by atomic mass is 9.86. The van der Waals surface area contributed by atoms with Gasteiger partial charge in [-0.25, -0.2) is 0 Å². The zero-order valence-corrected chi connectivity index (χ0v) is 10.6. The van der Waals surface area contributed by atoms with Gasteiger partial charge in [0, 0.05) is 6.61 Å². The standard InChI is InChI=1S/C14H21NO2/c1-3-8-17-13-7-5-10-4-6-11(16-2)9-12(10)14(13)15/h4,6,9,13-14H,3,5,7-8,15H2,1-2H3. The van der Waals surface area contributed by atoms with Crippen molar-refractivity contribution in [3.63, 3.8) is 0 Å². The zero-order valence-electron chi connectivity index (χ0n) is 10.6. The highest BCUT2D eigenvalue weighted by atomic mass is 16.5. The number of hydrogen-bond donors (Lipinski definition) is 1. The summed E-state index contributed by atoms with van der Waals surface area (Å²) in [7, 11) is 1.68. The molecule has 0 spiro atoms. The first-order valence-corrected chi connectivity index (χ1v) is 6.30. The second-order valence-electron chi connectivity index (χ2n) is 4.54. The van der Waals surface area contributed by atoms with Crippen LogP contribution >= 0.6 is 0 Å². The summed E-state index contributed by atoms with van der Waals surface area (Å²) in [5.74, 6) is 0.871. The number of ether oxygens (including phenoxy) is 2. The van der Waals surface area contributed by atoms with Gasteiger partial charge in [0.05, 0.1) is 19.3 Å². The van der Waals surface area contributed by atoms with Crippen LogP contribution in [0.15, 0.2) is 18.2 Å². The molecular formula is C14H21NO2. The van der Waals surface area contributed by atoms with Gasteiger partial charge in [-0.2, -0.15) is 0 Å². The van der Waals surface area contributed by atoms with Crippen molar-refractivity contribution in [2.24, 2.45) is 5.73 Å². The third-order valence-corrected chi connectivity index (χ3v) is 3.35. The van der Waals surface area contributed by atoms with E-state index in [1.807, 2.05) is 12.1 Å². The average Bonchev–Trinajstić information content (AvgIpc) is 2.38. The first kappa shape index (κ1) is 12.4. The third-order valence-electron chi connectivity index (χ3n) is 3.35. The minimum absolute atomic E-state index is 0.0274. The topological polar surface area (TPSA) is 44.5 Å². The minimum atomic E-state index is -0.0274. The van der Waals surface area contributed by atoms with Crippen molar-refractivity contribution >= 4 is 0 Å². The maximum atomic E-state index is 6.27. The highest BCUT2D eigenvalue weighted by Crippen LogP contribution is 2.32. The molecule has 0 aromatic heterocycles. The normalized spacial score (nSPS) is 23.2. The smallest absolute Gasteiger partial charge is 0.119 e. The largest absolute Gasteiger partial charge is 0.497 e. The second kappa shape index (κ2) is 5.52. The Labute approximate surface area is 103 Å². The first-order valence-electron chi connectivity index (χ1n) is 6.30. The summed E-state index contributed by atoms with van der Waals surface area (Å²) in [6.45, 7) is 2.91.